The molecular weight excluding hydrogens is 249 g/mol. The van der Waals surface area contributed by atoms with E-state index in [1.807, 2.05) is 6.07 Å². The van der Waals surface area contributed by atoms with Gasteiger partial charge in [0.25, 0.3) is 0 Å². The molecule has 0 fully saturated rings. The fourth-order valence-electron chi connectivity index (χ4n) is 2.59. The van der Waals surface area contributed by atoms with E-state index in [4.69, 9.17) is 0 Å². The Bertz CT molecular complexity index is 604. The summed E-state index contributed by atoms with van der Waals surface area (Å²) in [6, 6.07) is 11.3. The lowest BCUT2D eigenvalue weighted by molar-refractivity contribution is 0.601. The number of hydrogen-bond donors (Lipinski definition) is 1. The standard InChI is InChI=1S/C18H22FN/c1-5-20-18(15-7-6-8-16(19)11-15)17-10-13(3)12(2)9-14(17)4/h6-11,18,20H,5H2,1-4H3. The van der Waals surface area contributed by atoms with Gasteiger partial charge in [-0.15, -0.1) is 0 Å². The second-order valence-electron chi connectivity index (χ2n) is 5.34. The zero-order valence-electron chi connectivity index (χ0n) is 12.6. The highest BCUT2D eigenvalue weighted by molar-refractivity contribution is 5.42. The van der Waals surface area contributed by atoms with Crippen molar-refractivity contribution in [2.45, 2.75) is 33.7 Å². The maximum Gasteiger partial charge on any atom is 0.123 e. The van der Waals surface area contributed by atoms with Crippen molar-refractivity contribution in [2.24, 2.45) is 0 Å². The Morgan fingerprint density at radius 1 is 1.00 bits per heavy atom. The molecule has 0 saturated heterocycles. The fourth-order valence-corrected chi connectivity index (χ4v) is 2.59. The van der Waals surface area contributed by atoms with Crippen molar-refractivity contribution in [3.8, 4) is 0 Å². The maximum absolute atomic E-state index is 13.5. The lowest BCUT2D eigenvalue weighted by Crippen LogP contribution is -2.23. The van der Waals surface area contributed by atoms with Gasteiger partial charge in [-0.25, -0.2) is 4.39 Å². The highest BCUT2D eigenvalue weighted by atomic mass is 19.1. The summed E-state index contributed by atoms with van der Waals surface area (Å²) in [6.45, 7) is 9.27. The van der Waals surface area contributed by atoms with Gasteiger partial charge in [-0.3, -0.25) is 0 Å². The molecule has 0 saturated carbocycles. The van der Waals surface area contributed by atoms with Crippen LogP contribution in [0.2, 0.25) is 0 Å². The van der Waals surface area contributed by atoms with E-state index in [-0.39, 0.29) is 11.9 Å². The van der Waals surface area contributed by atoms with Crippen molar-refractivity contribution in [3.05, 3.63) is 70.0 Å². The molecule has 2 rings (SSSR count). The number of aryl methyl sites for hydroxylation is 3. The molecule has 2 aromatic carbocycles. The minimum atomic E-state index is -0.188. The Morgan fingerprint density at radius 3 is 2.35 bits per heavy atom. The van der Waals surface area contributed by atoms with E-state index < -0.39 is 0 Å². The maximum atomic E-state index is 13.5. The van der Waals surface area contributed by atoms with Gasteiger partial charge in [-0.05, 0) is 67.3 Å². The van der Waals surface area contributed by atoms with Crippen LogP contribution in [-0.2, 0) is 0 Å². The van der Waals surface area contributed by atoms with Crippen LogP contribution < -0.4 is 5.32 Å². The minimum absolute atomic E-state index is 0.0370. The van der Waals surface area contributed by atoms with Gasteiger partial charge in [0.2, 0.25) is 0 Å². The summed E-state index contributed by atoms with van der Waals surface area (Å²) in [4.78, 5) is 0. The molecule has 1 nitrogen and oxygen atoms in total. The third-order valence-corrected chi connectivity index (χ3v) is 3.78. The quantitative estimate of drug-likeness (QED) is 0.866. The van der Waals surface area contributed by atoms with Crippen molar-refractivity contribution in [3.63, 3.8) is 0 Å². The molecule has 0 radical (unpaired) electrons. The van der Waals surface area contributed by atoms with Crippen LogP contribution in [0.4, 0.5) is 4.39 Å². The summed E-state index contributed by atoms with van der Waals surface area (Å²) in [5.41, 5.74) is 5.99. The van der Waals surface area contributed by atoms with Crippen molar-refractivity contribution in [1.82, 2.24) is 5.32 Å². The summed E-state index contributed by atoms with van der Waals surface area (Å²) in [5, 5.41) is 3.46. The number of rotatable bonds is 4. The van der Waals surface area contributed by atoms with E-state index >= 15 is 0 Å². The van der Waals surface area contributed by atoms with E-state index in [9.17, 15) is 4.39 Å². The number of benzene rings is 2. The summed E-state index contributed by atoms with van der Waals surface area (Å²) in [5.74, 6) is -0.188. The van der Waals surface area contributed by atoms with Crippen molar-refractivity contribution >= 4 is 0 Å². The number of nitrogens with one attached hydrogen (secondary N) is 1. The van der Waals surface area contributed by atoms with E-state index in [2.05, 4.69) is 45.1 Å². The van der Waals surface area contributed by atoms with Crippen LogP contribution in [0.1, 0.15) is 40.8 Å². The molecule has 20 heavy (non-hydrogen) atoms. The highest BCUT2D eigenvalue weighted by Crippen LogP contribution is 2.27. The molecule has 0 aromatic heterocycles. The van der Waals surface area contributed by atoms with Crippen LogP contribution in [0.15, 0.2) is 36.4 Å². The normalized spacial score (nSPS) is 12.4. The second kappa shape index (κ2) is 6.19. The summed E-state index contributed by atoms with van der Waals surface area (Å²) < 4.78 is 13.5. The highest BCUT2D eigenvalue weighted by Gasteiger charge is 2.16. The predicted molar refractivity (Wildman–Crippen MR) is 82.6 cm³/mol. The lowest BCUT2D eigenvalue weighted by atomic mass is 9.91. The molecule has 106 valence electrons. The molecule has 0 aliphatic rings. The summed E-state index contributed by atoms with van der Waals surface area (Å²) in [6.07, 6.45) is 0. The van der Waals surface area contributed by atoms with Gasteiger partial charge in [-0.2, -0.15) is 0 Å². The van der Waals surface area contributed by atoms with Gasteiger partial charge in [0.05, 0.1) is 6.04 Å². The summed E-state index contributed by atoms with van der Waals surface area (Å²) >= 11 is 0. The topological polar surface area (TPSA) is 12.0 Å². The van der Waals surface area contributed by atoms with Gasteiger partial charge < -0.3 is 5.32 Å². The Labute approximate surface area is 120 Å². The molecule has 0 spiro atoms. The fraction of sp³-hybridized carbons (Fsp3) is 0.333. The molecule has 1 unspecified atom stereocenters. The molecule has 0 heterocycles. The molecule has 0 amide bonds. The Hall–Kier alpha value is -1.67. The predicted octanol–water partition coefficient (Wildman–Crippen LogP) is 4.45. The first kappa shape index (κ1) is 14.7. The smallest absolute Gasteiger partial charge is 0.123 e. The molecule has 1 atom stereocenters. The van der Waals surface area contributed by atoms with E-state index in [1.165, 1.54) is 28.3 Å². The Kier molecular flexibility index (Phi) is 4.56. The van der Waals surface area contributed by atoms with Crippen molar-refractivity contribution in [2.75, 3.05) is 6.54 Å². The SMILES string of the molecule is CCNC(c1cccc(F)c1)c1cc(C)c(C)cc1C. The molecule has 2 aromatic rings. The second-order valence-corrected chi connectivity index (χ2v) is 5.34. The number of hydrogen-bond acceptors (Lipinski definition) is 1. The first-order valence-electron chi connectivity index (χ1n) is 7.09. The minimum Gasteiger partial charge on any atom is -0.307 e. The van der Waals surface area contributed by atoms with E-state index in [0.29, 0.717) is 0 Å². The van der Waals surface area contributed by atoms with Gasteiger partial charge >= 0.3 is 0 Å². The zero-order chi connectivity index (χ0) is 14.7. The number of halogens is 1. The molecular formula is C18H22FN. The first-order chi connectivity index (χ1) is 9.52. The van der Waals surface area contributed by atoms with Gasteiger partial charge in [-0.1, -0.05) is 31.2 Å². The average molecular weight is 271 g/mol. The first-order valence-corrected chi connectivity index (χ1v) is 7.09. The van der Waals surface area contributed by atoms with Gasteiger partial charge in [0, 0.05) is 0 Å². The molecule has 0 bridgehead atoms. The third kappa shape index (κ3) is 3.07. The van der Waals surface area contributed by atoms with Crippen molar-refractivity contribution in [1.29, 1.82) is 0 Å². The molecule has 0 aliphatic heterocycles. The lowest BCUT2D eigenvalue weighted by Gasteiger charge is -2.22. The zero-order valence-corrected chi connectivity index (χ0v) is 12.6. The van der Waals surface area contributed by atoms with E-state index in [1.54, 1.807) is 12.1 Å². The molecule has 2 heteroatoms. The Morgan fingerprint density at radius 2 is 1.70 bits per heavy atom. The molecule has 1 N–H and O–H groups in total. The molecule has 0 aliphatic carbocycles. The van der Waals surface area contributed by atoms with Crippen LogP contribution in [0.3, 0.4) is 0 Å². The largest absolute Gasteiger partial charge is 0.307 e. The van der Waals surface area contributed by atoms with Crippen LogP contribution in [0, 0.1) is 26.6 Å². The Balaban J connectivity index is 2.51. The monoisotopic (exact) mass is 271 g/mol. The third-order valence-electron chi connectivity index (χ3n) is 3.78. The van der Waals surface area contributed by atoms with Crippen LogP contribution in [-0.4, -0.2) is 6.54 Å². The average Bonchev–Trinajstić information content (AvgIpc) is 2.40. The van der Waals surface area contributed by atoms with Crippen molar-refractivity contribution < 1.29 is 4.39 Å². The summed E-state index contributed by atoms with van der Waals surface area (Å²) in [7, 11) is 0. The van der Waals surface area contributed by atoms with Gasteiger partial charge in [0.15, 0.2) is 0 Å². The van der Waals surface area contributed by atoms with E-state index in [0.717, 1.165) is 12.1 Å². The van der Waals surface area contributed by atoms with Gasteiger partial charge in [0.1, 0.15) is 5.82 Å². The van der Waals surface area contributed by atoms with Crippen LogP contribution in [0.25, 0.3) is 0 Å². The van der Waals surface area contributed by atoms with Crippen LogP contribution in [0.5, 0.6) is 0 Å². The van der Waals surface area contributed by atoms with Crippen LogP contribution >= 0.6 is 0 Å².